The standard InChI is InChI=1S/C24H19NO3/c26-21-9-5-18(6-10-21)7-11-22(27)17-23(28)12-8-19-3-1-2-4-24(19)20-13-15-25-16-14-20/h1-16,26H,17H2/b11-7+,12-8+. The summed E-state index contributed by atoms with van der Waals surface area (Å²) in [6, 6.07) is 18.0. The Morgan fingerprint density at radius 3 is 2.18 bits per heavy atom. The highest BCUT2D eigenvalue weighted by atomic mass is 16.3. The van der Waals surface area contributed by atoms with Gasteiger partial charge in [0.05, 0.1) is 6.42 Å². The summed E-state index contributed by atoms with van der Waals surface area (Å²) >= 11 is 0. The topological polar surface area (TPSA) is 67.3 Å². The second kappa shape index (κ2) is 9.24. The summed E-state index contributed by atoms with van der Waals surface area (Å²) in [4.78, 5) is 28.2. The van der Waals surface area contributed by atoms with E-state index in [1.165, 1.54) is 24.3 Å². The number of ketones is 2. The molecule has 0 radical (unpaired) electrons. The molecule has 138 valence electrons. The van der Waals surface area contributed by atoms with Crippen molar-refractivity contribution in [2.45, 2.75) is 6.42 Å². The highest BCUT2D eigenvalue weighted by Gasteiger charge is 2.05. The fourth-order valence-electron chi connectivity index (χ4n) is 2.68. The molecule has 0 unspecified atom stereocenters. The number of phenolic OH excluding ortho intramolecular Hbond substituents is 1. The van der Waals surface area contributed by atoms with Crippen molar-refractivity contribution in [2.24, 2.45) is 0 Å². The van der Waals surface area contributed by atoms with Crippen molar-refractivity contribution in [3.63, 3.8) is 0 Å². The summed E-state index contributed by atoms with van der Waals surface area (Å²) in [6.45, 7) is 0. The Hall–Kier alpha value is -3.79. The van der Waals surface area contributed by atoms with E-state index < -0.39 is 0 Å². The average Bonchev–Trinajstić information content (AvgIpc) is 2.73. The summed E-state index contributed by atoms with van der Waals surface area (Å²) in [5, 5.41) is 9.25. The molecule has 0 saturated carbocycles. The molecule has 0 saturated heterocycles. The maximum Gasteiger partial charge on any atom is 0.163 e. The zero-order valence-electron chi connectivity index (χ0n) is 15.2. The van der Waals surface area contributed by atoms with Crippen molar-refractivity contribution < 1.29 is 14.7 Å². The van der Waals surface area contributed by atoms with Gasteiger partial charge in [0.15, 0.2) is 11.6 Å². The Kier molecular flexibility index (Phi) is 6.26. The minimum atomic E-state index is -0.273. The van der Waals surface area contributed by atoms with Gasteiger partial charge in [0.2, 0.25) is 0 Å². The van der Waals surface area contributed by atoms with Crippen LogP contribution in [0.4, 0.5) is 0 Å². The smallest absolute Gasteiger partial charge is 0.163 e. The van der Waals surface area contributed by atoms with Crippen LogP contribution in [0, 0.1) is 0 Å². The van der Waals surface area contributed by atoms with Crippen LogP contribution in [-0.2, 0) is 9.59 Å². The largest absolute Gasteiger partial charge is 0.508 e. The third kappa shape index (κ3) is 5.35. The molecule has 0 fully saturated rings. The van der Waals surface area contributed by atoms with Crippen molar-refractivity contribution >= 4 is 23.7 Å². The van der Waals surface area contributed by atoms with Gasteiger partial charge in [-0.25, -0.2) is 0 Å². The lowest BCUT2D eigenvalue weighted by atomic mass is 10.00. The number of pyridine rings is 1. The van der Waals surface area contributed by atoms with E-state index in [0.717, 1.165) is 22.3 Å². The van der Waals surface area contributed by atoms with Gasteiger partial charge in [-0.05, 0) is 58.7 Å². The number of allylic oxidation sites excluding steroid dienone is 2. The van der Waals surface area contributed by atoms with Gasteiger partial charge in [-0.1, -0.05) is 48.6 Å². The number of aromatic nitrogens is 1. The van der Waals surface area contributed by atoms with Gasteiger partial charge in [0.1, 0.15) is 5.75 Å². The van der Waals surface area contributed by atoms with Gasteiger partial charge in [-0.2, -0.15) is 0 Å². The van der Waals surface area contributed by atoms with Crippen LogP contribution in [0.1, 0.15) is 17.5 Å². The lowest BCUT2D eigenvalue weighted by molar-refractivity contribution is -0.121. The lowest BCUT2D eigenvalue weighted by Crippen LogP contribution is -2.02. The molecule has 3 rings (SSSR count). The molecule has 0 aliphatic rings. The molecule has 0 aliphatic heterocycles. The first-order valence-corrected chi connectivity index (χ1v) is 8.82. The van der Waals surface area contributed by atoms with Crippen LogP contribution in [0.2, 0.25) is 0 Å². The molecule has 0 amide bonds. The molecular formula is C24H19NO3. The van der Waals surface area contributed by atoms with Crippen LogP contribution in [-0.4, -0.2) is 21.7 Å². The molecule has 0 aliphatic carbocycles. The van der Waals surface area contributed by atoms with Crippen molar-refractivity contribution in [3.8, 4) is 16.9 Å². The first kappa shape index (κ1) is 19.0. The highest BCUT2D eigenvalue weighted by Crippen LogP contribution is 2.24. The Morgan fingerprint density at radius 1 is 0.821 bits per heavy atom. The monoisotopic (exact) mass is 369 g/mol. The third-order valence-electron chi connectivity index (χ3n) is 4.10. The van der Waals surface area contributed by atoms with Gasteiger partial charge in [-0.15, -0.1) is 0 Å². The Balaban J connectivity index is 1.64. The van der Waals surface area contributed by atoms with E-state index >= 15 is 0 Å². The fraction of sp³-hybridized carbons (Fsp3) is 0.0417. The van der Waals surface area contributed by atoms with Crippen LogP contribution in [0.5, 0.6) is 5.75 Å². The summed E-state index contributed by atoms with van der Waals surface area (Å²) in [5.74, 6) is -0.370. The second-order valence-corrected chi connectivity index (χ2v) is 6.19. The van der Waals surface area contributed by atoms with Crippen LogP contribution in [0.15, 0.2) is 85.2 Å². The first-order chi connectivity index (χ1) is 13.6. The molecule has 2 aromatic carbocycles. The molecule has 1 heterocycles. The minimum Gasteiger partial charge on any atom is -0.508 e. The van der Waals surface area contributed by atoms with Crippen molar-refractivity contribution in [2.75, 3.05) is 0 Å². The van der Waals surface area contributed by atoms with Gasteiger partial charge in [-0.3, -0.25) is 14.6 Å². The predicted octanol–water partition coefficient (Wildman–Crippen LogP) is 4.71. The first-order valence-electron chi connectivity index (χ1n) is 8.82. The van der Waals surface area contributed by atoms with Crippen LogP contribution in [0.25, 0.3) is 23.3 Å². The number of nitrogens with zero attached hydrogens (tertiary/aromatic N) is 1. The van der Waals surface area contributed by atoms with Crippen LogP contribution < -0.4 is 0 Å². The fourth-order valence-corrected chi connectivity index (χ4v) is 2.68. The van der Waals surface area contributed by atoms with E-state index in [1.807, 2.05) is 36.4 Å². The SMILES string of the molecule is O=C(/C=C/c1ccc(O)cc1)CC(=O)/C=C/c1ccccc1-c1ccncc1. The van der Waals surface area contributed by atoms with Gasteiger partial charge in [0.25, 0.3) is 0 Å². The number of carbonyl (C=O) groups is 2. The van der Waals surface area contributed by atoms with Crippen molar-refractivity contribution in [3.05, 3.63) is 96.3 Å². The van der Waals surface area contributed by atoms with E-state index in [1.54, 1.807) is 36.7 Å². The van der Waals surface area contributed by atoms with E-state index in [2.05, 4.69) is 4.98 Å². The number of aromatic hydroxyl groups is 1. The molecule has 4 nitrogen and oxygen atoms in total. The number of carbonyl (C=O) groups excluding carboxylic acids is 2. The van der Waals surface area contributed by atoms with Gasteiger partial charge < -0.3 is 5.11 Å². The quantitative estimate of drug-likeness (QED) is 0.484. The summed E-state index contributed by atoms with van der Waals surface area (Å²) in [7, 11) is 0. The second-order valence-electron chi connectivity index (χ2n) is 6.19. The molecule has 1 aromatic heterocycles. The van der Waals surface area contributed by atoms with E-state index in [4.69, 9.17) is 0 Å². The van der Waals surface area contributed by atoms with E-state index in [0.29, 0.717) is 0 Å². The summed E-state index contributed by atoms with van der Waals surface area (Å²) in [5.41, 5.74) is 3.68. The maximum absolute atomic E-state index is 12.1. The molecule has 1 N–H and O–H groups in total. The van der Waals surface area contributed by atoms with Crippen molar-refractivity contribution in [1.82, 2.24) is 4.98 Å². The Bertz CT molecular complexity index is 1020. The van der Waals surface area contributed by atoms with E-state index in [9.17, 15) is 14.7 Å². The van der Waals surface area contributed by atoms with E-state index in [-0.39, 0.29) is 23.7 Å². The van der Waals surface area contributed by atoms with Crippen LogP contribution in [0.3, 0.4) is 0 Å². The van der Waals surface area contributed by atoms with Gasteiger partial charge in [0, 0.05) is 12.4 Å². The Labute approximate surface area is 163 Å². The van der Waals surface area contributed by atoms with Crippen LogP contribution >= 0.6 is 0 Å². The number of hydrogen-bond donors (Lipinski definition) is 1. The summed E-state index contributed by atoms with van der Waals surface area (Å²) < 4.78 is 0. The number of phenols is 1. The summed E-state index contributed by atoms with van der Waals surface area (Å²) in [6.07, 6.45) is 9.42. The number of rotatable bonds is 7. The molecule has 3 aromatic rings. The molecule has 0 spiro atoms. The molecule has 0 bridgehead atoms. The zero-order valence-corrected chi connectivity index (χ0v) is 15.2. The molecular weight excluding hydrogens is 350 g/mol. The van der Waals surface area contributed by atoms with Gasteiger partial charge >= 0.3 is 0 Å². The normalized spacial score (nSPS) is 11.1. The molecule has 0 atom stereocenters. The predicted molar refractivity (Wildman–Crippen MR) is 110 cm³/mol. The molecule has 28 heavy (non-hydrogen) atoms. The zero-order chi connectivity index (χ0) is 19.8. The Morgan fingerprint density at radius 2 is 1.46 bits per heavy atom. The third-order valence-corrected chi connectivity index (χ3v) is 4.10. The highest BCUT2D eigenvalue weighted by molar-refractivity contribution is 6.11. The maximum atomic E-state index is 12.1. The average molecular weight is 369 g/mol. The number of benzene rings is 2. The lowest BCUT2D eigenvalue weighted by Gasteiger charge is -2.05. The minimum absolute atomic E-state index is 0.163. The van der Waals surface area contributed by atoms with Crippen molar-refractivity contribution in [1.29, 1.82) is 0 Å². The number of hydrogen-bond acceptors (Lipinski definition) is 4. The molecule has 4 heteroatoms.